The van der Waals surface area contributed by atoms with Gasteiger partial charge in [0.2, 0.25) is 0 Å². The molecule has 1 N–H and O–H groups in total. The molecule has 1 aromatic rings. The van der Waals surface area contributed by atoms with E-state index in [0.29, 0.717) is 17.2 Å². The highest BCUT2D eigenvalue weighted by atomic mass is 16.5. The Morgan fingerprint density at radius 3 is 2.00 bits per heavy atom. The molecule has 6 nitrogen and oxygen atoms in total. The highest BCUT2D eigenvalue weighted by molar-refractivity contribution is 6.02. The number of ketones is 1. The van der Waals surface area contributed by atoms with Crippen molar-refractivity contribution in [1.82, 2.24) is 0 Å². The zero-order valence-corrected chi connectivity index (χ0v) is 11.9. The molecule has 110 valence electrons. The highest BCUT2D eigenvalue weighted by Crippen LogP contribution is 2.35. The number of aliphatic carboxylic acids is 1. The number of Topliss-reactive ketones (excluding diaryl/α,β-unsaturated/α-hetero) is 1. The minimum absolute atomic E-state index is 0.240. The summed E-state index contributed by atoms with van der Waals surface area (Å²) >= 11 is 0. The van der Waals surface area contributed by atoms with E-state index >= 15 is 0 Å². The van der Waals surface area contributed by atoms with E-state index in [1.165, 1.54) is 27.4 Å². The van der Waals surface area contributed by atoms with Gasteiger partial charge in [0.05, 0.1) is 33.3 Å². The van der Waals surface area contributed by atoms with Crippen molar-refractivity contribution in [2.24, 2.45) is 5.92 Å². The molecule has 1 rings (SSSR count). The van der Waals surface area contributed by atoms with Gasteiger partial charge in [-0.2, -0.15) is 0 Å². The number of methoxy groups -OCH3 is 3. The van der Waals surface area contributed by atoms with Gasteiger partial charge in [0.15, 0.2) is 17.3 Å². The first-order valence-corrected chi connectivity index (χ1v) is 6.00. The van der Waals surface area contributed by atoms with Crippen LogP contribution in [0.25, 0.3) is 0 Å². The van der Waals surface area contributed by atoms with Crippen LogP contribution in [0.4, 0.5) is 0 Å². The fourth-order valence-corrected chi connectivity index (χ4v) is 1.84. The summed E-state index contributed by atoms with van der Waals surface area (Å²) in [4.78, 5) is 23.0. The van der Waals surface area contributed by atoms with Gasteiger partial charge in [0, 0.05) is 12.0 Å². The number of hydrogen-bond donors (Lipinski definition) is 1. The van der Waals surface area contributed by atoms with Gasteiger partial charge < -0.3 is 19.3 Å². The van der Waals surface area contributed by atoms with Crippen LogP contribution in [0.5, 0.6) is 17.2 Å². The van der Waals surface area contributed by atoms with E-state index in [-0.39, 0.29) is 17.8 Å². The Bertz CT molecular complexity index is 509. The van der Waals surface area contributed by atoms with Gasteiger partial charge in [0.25, 0.3) is 0 Å². The van der Waals surface area contributed by atoms with Crippen molar-refractivity contribution in [3.8, 4) is 17.2 Å². The van der Waals surface area contributed by atoms with Crippen molar-refractivity contribution >= 4 is 11.8 Å². The lowest BCUT2D eigenvalue weighted by molar-refractivity contribution is -0.137. The zero-order valence-electron chi connectivity index (χ0n) is 11.9. The lowest BCUT2D eigenvalue weighted by Crippen LogP contribution is -2.16. The molecule has 0 aromatic heterocycles. The van der Waals surface area contributed by atoms with Crippen molar-refractivity contribution in [3.05, 3.63) is 17.7 Å². The molecule has 0 saturated carbocycles. The summed E-state index contributed by atoms with van der Waals surface area (Å²) in [6, 6.07) is 3.04. The van der Waals surface area contributed by atoms with Gasteiger partial charge in [0.1, 0.15) is 5.75 Å². The van der Waals surface area contributed by atoms with Crippen molar-refractivity contribution < 1.29 is 28.9 Å². The van der Waals surface area contributed by atoms with Crippen LogP contribution in [0.1, 0.15) is 23.7 Å². The first kappa shape index (κ1) is 15.8. The maximum Gasteiger partial charge on any atom is 0.304 e. The minimum Gasteiger partial charge on any atom is -0.496 e. The third kappa shape index (κ3) is 3.40. The summed E-state index contributed by atoms with van der Waals surface area (Å²) in [5.41, 5.74) is 0.277. The van der Waals surface area contributed by atoms with Gasteiger partial charge in [-0.3, -0.25) is 9.59 Å². The van der Waals surface area contributed by atoms with Crippen LogP contribution in [0.2, 0.25) is 0 Å². The average molecular weight is 282 g/mol. The topological polar surface area (TPSA) is 82.1 Å². The van der Waals surface area contributed by atoms with Crippen LogP contribution in [0.3, 0.4) is 0 Å². The molecule has 0 heterocycles. The second-order valence-electron chi connectivity index (χ2n) is 4.27. The van der Waals surface area contributed by atoms with Crippen LogP contribution in [0, 0.1) is 5.92 Å². The molecule has 20 heavy (non-hydrogen) atoms. The number of rotatable bonds is 7. The third-order valence-corrected chi connectivity index (χ3v) is 2.90. The molecule has 0 fully saturated rings. The van der Waals surface area contributed by atoms with E-state index < -0.39 is 11.9 Å². The van der Waals surface area contributed by atoms with Gasteiger partial charge >= 0.3 is 5.97 Å². The number of carbonyl (C=O) groups is 2. The Balaban J connectivity index is 3.21. The number of ether oxygens (including phenoxy) is 3. The Kier molecular flexibility index (Phi) is 5.37. The van der Waals surface area contributed by atoms with Crippen LogP contribution in [0.15, 0.2) is 12.1 Å². The SMILES string of the molecule is COc1cc(OC)c(C(=O)C(C)CC(=O)O)cc1OC. The van der Waals surface area contributed by atoms with Crippen molar-refractivity contribution in [2.75, 3.05) is 21.3 Å². The summed E-state index contributed by atoms with van der Waals surface area (Å²) in [5, 5.41) is 8.76. The van der Waals surface area contributed by atoms with Crippen LogP contribution >= 0.6 is 0 Å². The standard InChI is InChI=1S/C14H18O6/c1-8(5-13(15)16)14(17)9-6-11(19-3)12(20-4)7-10(9)18-2/h6-8H,5H2,1-4H3,(H,15,16). The number of carboxylic acid groups (broad SMARTS) is 1. The van der Waals surface area contributed by atoms with E-state index in [0.717, 1.165) is 0 Å². The molecule has 0 aliphatic rings. The molecule has 1 aromatic carbocycles. The summed E-state index contributed by atoms with van der Waals surface area (Å²) in [5.74, 6) is -0.842. The fraction of sp³-hybridized carbons (Fsp3) is 0.429. The predicted octanol–water partition coefficient (Wildman–Crippen LogP) is 2.01. The van der Waals surface area contributed by atoms with Gasteiger partial charge in [-0.05, 0) is 6.07 Å². The molecule has 0 saturated heterocycles. The molecule has 0 aliphatic heterocycles. The van der Waals surface area contributed by atoms with E-state index in [1.54, 1.807) is 13.0 Å². The lowest BCUT2D eigenvalue weighted by Gasteiger charge is -2.15. The monoisotopic (exact) mass is 282 g/mol. The number of benzene rings is 1. The molecular formula is C14H18O6. The predicted molar refractivity (Wildman–Crippen MR) is 71.8 cm³/mol. The Morgan fingerprint density at radius 1 is 1.05 bits per heavy atom. The molecule has 0 bridgehead atoms. The normalized spacial score (nSPS) is 11.6. The minimum atomic E-state index is -1.02. The Morgan fingerprint density at radius 2 is 1.55 bits per heavy atom. The molecule has 1 unspecified atom stereocenters. The maximum atomic E-state index is 12.3. The second kappa shape index (κ2) is 6.79. The van der Waals surface area contributed by atoms with Crippen molar-refractivity contribution in [3.63, 3.8) is 0 Å². The Labute approximate surface area is 117 Å². The quantitative estimate of drug-likeness (QED) is 0.770. The van der Waals surface area contributed by atoms with Crippen LogP contribution < -0.4 is 14.2 Å². The fourth-order valence-electron chi connectivity index (χ4n) is 1.84. The van der Waals surface area contributed by atoms with Crippen molar-refractivity contribution in [2.45, 2.75) is 13.3 Å². The van der Waals surface area contributed by atoms with E-state index in [9.17, 15) is 9.59 Å². The molecule has 0 aliphatic carbocycles. The first-order chi connectivity index (χ1) is 9.44. The largest absolute Gasteiger partial charge is 0.496 e. The highest BCUT2D eigenvalue weighted by Gasteiger charge is 2.23. The van der Waals surface area contributed by atoms with E-state index in [2.05, 4.69) is 0 Å². The number of carbonyl (C=O) groups excluding carboxylic acids is 1. The molecule has 0 spiro atoms. The lowest BCUT2D eigenvalue weighted by atomic mass is 9.95. The van der Waals surface area contributed by atoms with Gasteiger partial charge in [-0.1, -0.05) is 6.92 Å². The Hall–Kier alpha value is -2.24. The zero-order chi connectivity index (χ0) is 15.3. The molecule has 0 radical (unpaired) electrons. The first-order valence-electron chi connectivity index (χ1n) is 6.00. The van der Waals surface area contributed by atoms with E-state index in [1.807, 2.05) is 0 Å². The number of carboxylic acids is 1. The summed E-state index contributed by atoms with van der Waals surface area (Å²) < 4.78 is 15.4. The summed E-state index contributed by atoms with van der Waals surface area (Å²) in [7, 11) is 4.37. The maximum absolute atomic E-state index is 12.3. The molecular weight excluding hydrogens is 264 g/mol. The summed E-state index contributed by atoms with van der Waals surface area (Å²) in [6.45, 7) is 1.56. The number of hydrogen-bond acceptors (Lipinski definition) is 5. The third-order valence-electron chi connectivity index (χ3n) is 2.90. The van der Waals surface area contributed by atoms with E-state index in [4.69, 9.17) is 19.3 Å². The van der Waals surface area contributed by atoms with Gasteiger partial charge in [-0.15, -0.1) is 0 Å². The molecule has 1 atom stereocenters. The van der Waals surface area contributed by atoms with Gasteiger partial charge in [-0.25, -0.2) is 0 Å². The summed E-state index contributed by atoms with van der Waals surface area (Å²) in [6.07, 6.45) is -0.240. The molecule has 0 amide bonds. The van der Waals surface area contributed by atoms with Crippen molar-refractivity contribution in [1.29, 1.82) is 0 Å². The average Bonchev–Trinajstić information content (AvgIpc) is 2.44. The van der Waals surface area contributed by atoms with Crippen LogP contribution in [-0.4, -0.2) is 38.2 Å². The molecule has 6 heteroatoms. The van der Waals surface area contributed by atoms with Crippen LogP contribution in [-0.2, 0) is 4.79 Å². The second-order valence-corrected chi connectivity index (χ2v) is 4.27. The smallest absolute Gasteiger partial charge is 0.304 e.